The van der Waals surface area contributed by atoms with Crippen LogP contribution in [0.25, 0.3) is 0 Å². The molecule has 0 saturated heterocycles. The molecule has 1 aromatic carbocycles. The van der Waals surface area contributed by atoms with E-state index in [0.717, 1.165) is 4.90 Å². The van der Waals surface area contributed by atoms with E-state index in [9.17, 15) is 14.4 Å². The summed E-state index contributed by atoms with van der Waals surface area (Å²) in [6.07, 6.45) is 6.10. The van der Waals surface area contributed by atoms with Gasteiger partial charge in [0.15, 0.2) is 6.61 Å². The lowest BCUT2D eigenvalue weighted by Gasteiger charge is -2.16. The number of carbonyl (C=O) groups is 3. The number of allylic oxidation sites excluding steroid dienone is 3. The highest BCUT2D eigenvalue weighted by molar-refractivity contribution is 6.42. The maximum atomic E-state index is 11.9. The second-order valence-corrected chi connectivity index (χ2v) is 5.73. The number of halogens is 2. The van der Waals surface area contributed by atoms with E-state index in [0.29, 0.717) is 15.7 Å². The third-order valence-corrected chi connectivity index (χ3v) is 3.62. The molecule has 6 nitrogen and oxygen atoms in total. The highest BCUT2D eigenvalue weighted by Crippen LogP contribution is 2.24. The van der Waals surface area contributed by atoms with Gasteiger partial charge in [-0.15, -0.1) is 0 Å². The van der Waals surface area contributed by atoms with E-state index in [1.54, 1.807) is 31.2 Å². The Kier molecular flexibility index (Phi) is 8.74. The van der Waals surface area contributed by atoms with Crippen LogP contribution < -0.4 is 5.32 Å². The van der Waals surface area contributed by atoms with Crippen LogP contribution in [0.4, 0.5) is 5.69 Å². The molecule has 0 spiro atoms. The maximum Gasteiger partial charge on any atom is 0.331 e. The molecular formula is C17H18Cl2N2O4. The van der Waals surface area contributed by atoms with Crippen LogP contribution in [0.15, 0.2) is 42.5 Å². The van der Waals surface area contributed by atoms with Gasteiger partial charge >= 0.3 is 5.97 Å². The molecule has 134 valence electrons. The van der Waals surface area contributed by atoms with Gasteiger partial charge in [0, 0.05) is 18.8 Å². The average Bonchev–Trinajstić information content (AvgIpc) is 2.56. The molecule has 1 aromatic rings. The summed E-state index contributed by atoms with van der Waals surface area (Å²) in [4.78, 5) is 36.3. The average molecular weight is 385 g/mol. The van der Waals surface area contributed by atoms with Crippen LogP contribution in [0.1, 0.15) is 6.92 Å². The fourth-order valence-electron chi connectivity index (χ4n) is 1.61. The molecule has 8 heteroatoms. The molecular weight excluding hydrogens is 367 g/mol. The highest BCUT2D eigenvalue weighted by Gasteiger charge is 2.15. The summed E-state index contributed by atoms with van der Waals surface area (Å²) in [5.74, 6) is -1.56. The van der Waals surface area contributed by atoms with E-state index in [-0.39, 0.29) is 6.54 Å². The van der Waals surface area contributed by atoms with Crippen LogP contribution in [0, 0.1) is 0 Å². The Morgan fingerprint density at radius 3 is 2.56 bits per heavy atom. The predicted molar refractivity (Wildman–Crippen MR) is 97.6 cm³/mol. The number of hydrogen-bond acceptors (Lipinski definition) is 4. The summed E-state index contributed by atoms with van der Waals surface area (Å²) < 4.78 is 4.79. The van der Waals surface area contributed by atoms with Crippen molar-refractivity contribution in [2.45, 2.75) is 6.92 Å². The van der Waals surface area contributed by atoms with Crippen molar-refractivity contribution >= 4 is 46.7 Å². The Hall–Kier alpha value is -2.31. The molecule has 1 N–H and O–H groups in total. The molecule has 0 aliphatic carbocycles. The number of benzene rings is 1. The molecule has 0 bridgehead atoms. The molecule has 0 aromatic heterocycles. The van der Waals surface area contributed by atoms with Gasteiger partial charge in [-0.2, -0.15) is 0 Å². The van der Waals surface area contributed by atoms with Gasteiger partial charge in [-0.05, 0) is 25.1 Å². The first-order valence-corrected chi connectivity index (χ1v) is 8.04. The molecule has 0 unspecified atom stereocenters. The fourth-order valence-corrected chi connectivity index (χ4v) is 1.91. The minimum atomic E-state index is -0.639. The number of rotatable bonds is 7. The lowest BCUT2D eigenvalue weighted by molar-refractivity contribution is -0.148. The van der Waals surface area contributed by atoms with Crippen molar-refractivity contribution in [1.29, 1.82) is 0 Å². The van der Waals surface area contributed by atoms with Crippen molar-refractivity contribution in [2.75, 3.05) is 25.5 Å². The summed E-state index contributed by atoms with van der Waals surface area (Å²) in [5.41, 5.74) is 0.459. The first kappa shape index (κ1) is 20.7. The molecule has 0 atom stereocenters. The van der Waals surface area contributed by atoms with Crippen molar-refractivity contribution in [3.05, 3.63) is 52.5 Å². The third-order valence-electron chi connectivity index (χ3n) is 2.88. The number of amides is 2. The van der Waals surface area contributed by atoms with E-state index < -0.39 is 24.4 Å². The topological polar surface area (TPSA) is 75.7 Å². The second kappa shape index (κ2) is 10.5. The first-order chi connectivity index (χ1) is 11.8. The molecule has 0 fully saturated rings. The van der Waals surface area contributed by atoms with E-state index in [4.69, 9.17) is 27.9 Å². The number of ether oxygens (including phenoxy) is 1. The zero-order chi connectivity index (χ0) is 18.8. The number of anilines is 1. The predicted octanol–water partition coefficient (Wildman–Crippen LogP) is 3.07. The van der Waals surface area contributed by atoms with Crippen molar-refractivity contribution in [2.24, 2.45) is 0 Å². The van der Waals surface area contributed by atoms with Crippen LogP contribution >= 0.6 is 23.2 Å². The van der Waals surface area contributed by atoms with Crippen LogP contribution in [0.2, 0.25) is 10.0 Å². The molecule has 1 rings (SSSR count). The second-order valence-electron chi connectivity index (χ2n) is 4.92. The quantitative estimate of drug-likeness (QED) is 0.445. The smallest absolute Gasteiger partial charge is 0.331 e. The zero-order valence-electron chi connectivity index (χ0n) is 13.8. The van der Waals surface area contributed by atoms with Gasteiger partial charge in [0.05, 0.1) is 16.6 Å². The Labute approximate surface area is 156 Å². The number of esters is 1. The Morgan fingerprint density at radius 2 is 1.92 bits per heavy atom. The minimum Gasteiger partial charge on any atom is -0.452 e. The monoisotopic (exact) mass is 384 g/mol. The largest absolute Gasteiger partial charge is 0.452 e. The zero-order valence-corrected chi connectivity index (χ0v) is 15.3. The van der Waals surface area contributed by atoms with Crippen molar-refractivity contribution < 1.29 is 19.1 Å². The number of nitrogens with one attached hydrogen (secondary N) is 1. The normalized spacial score (nSPS) is 10.9. The Bertz CT molecular complexity index is 702. The van der Waals surface area contributed by atoms with Crippen LogP contribution in [-0.4, -0.2) is 42.9 Å². The highest BCUT2D eigenvalue weighted by atomic mass is 35.5. The summed E-state index contributed by atoms with van der Waals surface area (Å²) >= 11 is 11.7. The number of carbonyl (C=O) groups excluding carboxylic acids is 3. The number of likely N-dealkylation sites (N-methyl/N-ethyl adjacent to an activating group) is 1. The standard InChI is InChI=1S/C17H18Cl2N2O4/c1-3-4-5-6-17(24)25-11-16(23)21(2)10-15(22)20-12-7-8-13(18)14(19)9-12/h3-9H,10-11H2,1-2H3,(H,20,22)/b4-3+,6-5+. The van der Waals surface area contributed by atoms with Gasteiger partial charge in [-0.25, -0.2) is 4.79 Å². The van der Waals surface area contributed by atoms with Crippen LogP contribution in [0.5, 0.6) is 0 Å². The van der Waals surface area contributed by atoms with E-state index >= 15 is 0 Å². The molecule has 0 aliphatic rings. The molecule has 25 heavy (non-hydrogen) atoms. The van der Waals surface area contributed by atoms with E-state index in [1.807, 2.05) is 0 Å². The molecule has 2 amide bonds. The fraction of sp³-hybridized carbons (Fsp3) is 0.235. The van der Waals surface area contributed by atoms with E-state index in [1.165, 1.54) is 25.3 Å². The third kappa shape index (κ3) is 7.87. The summed E-state index contributed by atoms with van der Waals surface area (Å²) in [7, 11) is 1.43. The molecule has 0 saturated carbocycles. The first-order valence-electron chi connectivity index (χ1n) is 7.28. The Morgan fingerprint density at radius 1 is 1.20 bits per heavy atom. The van der Waals surface area contributed by atoms with Gasteiger partial charge in [-0.1, -0.05) is 41.4 Å². The van der Waals surface area contributed by atoms with Gasteiger partial charge < -0.3 is 15.0 Å². The SMILES string of the molecule is C/C=C/C=C/C(=O)OCC(=O)N(C)CC(=O)Nc1ccc(Cl)c(Cl)c1. The molecule has 0 aliphatic heterocycles. The molecule has 0 radical (unpaired) electrons. The Balaban J connectivity index is 2.44. The van der Waals surface area contributed by atoms with Gasteiger partial charge in [0.1, 0.15) is 0 Å². The summed E-state index contributed by atoms with van der Waals surface area (Å²) in [5, 5.41) is 3.27. The van der Waals surface area contributed by atoms with Gasteiger partial charge in [0.25, 0.3) is 5.91 Å². The van der Waals surface area contributed by atoms with Gasteiger partial charge in [-0.3, -0.25) is 9.59 Å². The van der Waals surface area contributed by atoms with E-state index in [2.05, 4.69) is 5.32 Å². The van der Waals surface area contributed by atoms with Crippen LogP contribution in [-0.2, 0) is 19.1 Å². The lowest BCUT2D eigenvalue weighted by atomic mass is 10.3. The van der Waals surface area contributed by atoms with Crippen molar-refractivity contribution in [3.63, 3.8) is 0 Å². The minimum absolute atomic E-state index is 0.203. The summed E-state index contributed by atoms with van der Waals surface area (Å²) in [6.45, 7) is 1.15. The molecule has 0 heterocycles. The number of nitrogens with zero attached hydrogens (tertiary/aromatic N) is 1. The number of hydrogen-bond donors (Lipinski definition) is 1. The van der Waals surface area contributed by atoms with Crippen molar-refractivity contribution in [3.8, 4) is 0 Å². The lowest BCUT2D eigenvalue weighted by Crippen LogP contribution is -2.37. The maximum absolute atomic E-state index is 11.9. The van der Waals surface area contributed by atoms with Crippen LogP contribution in [0.3, 0.4) is 0 Å². The summed E-state index contributed by atoms with van der Waals surface area (Å²) in [6, 6.07) is 4.64. The van der Waals surface area contributed by atoms with Crippen molar-refractivity contribution in [1.82, 2.24) is 4.90 Å². The van der Waals surface area contributed by atoms with Gasteiger partial charge in [0.2, 0.25) is 5.91 Å².